The number of ether oxygens (including phenoxy) is 2. The molecule has 2 aliphatic rings. The van der Waals surface area contributed by atoms with Crippen LogP contribution in [0.25, 0.3) is 11.0 Å². The van der Waals surface area contributed by atoms with E-state index in [9.17, 15) is 9.59 Å². The Labute approximate surface area is 203 Å². The number of carbonyl (C=O) groups is 2. The van der Waals surface area contributed by atoms with Crippen LogP contribution in [-0.4, -0.2) is 45.8 Å². The van der Waals surface area contributed by atoms with E-state index in [1.165, 1.54) is 45.1 Å². The average Bonchev–Trinajstić information content (AvgIpc) is 3.44. The lowest BCUT2D eigenvalue weighted by molar-refractivity contribution is -0.128. The number of methoxy groups -OCH3 is 1. The summed E-state index contributed by atoms with van der Waals surface area (Å²) in [6.07, 6.45) is 11.4. The third kappa shape index (κ3) is 9.85. The number of amides is 1. The second kappa shape index (κ2) is 16.3. The number of rotatable bonds is 9. The number of benzene rings is 1. The highest BCUT2D eigenvalue weighted by Crippen LogP contribution is 2.35. The molecule has 7 nitrogen and oxygen atoms in total. The number of aryl methyl sites for hydroxylation is 1. The molecule has 2 aromatic rings. The van der Waals surface area contributed by atoms with Gasteiger partial charge in [-0.05, 0) is 75.8 Å². The van der Waals surface area contributed by atoms with Crippen LogP contribution in [0.1, 0.15) is 64.1 Å². The first kappa shape index (κ1) is 27.9. The maximum atomic E-state index is 10.2. The lowest BCUT2D eigenvalue weighted by Crippen LogP contribution is -2.29. The second-order valence-corrected chi connectivity index (χ2v) is 9.13. The van der Waals surface area contributed by atoms with Crippen molar-refractivity contribution in [2.45, 2.75) is 71.3 Å². The fraction of sp³-hybridized carbons (Fsp3) is 0.630. The van der Waals surface area contributed by atoms with Gasteiger partial charge in [0.1, 0.15) is 11.3 Å². The number of furan rings is 1. The van der Waals surface area contributed by atoms with E-state index in [4.69, 9.17) is 9.15 Å². The smallest absolute Gasteiger partial charge is 0.293 e. The Morgan fingerprint density at radius 1 is 1.09 bits per heavy atom. The quantitative estimate of drug-likeness (QED) is 0.370. The van der Waals surface area contributed by atoms with E-state index in [2.05, 4.69) is 22.3 Å². The molecule has 2 heterocycles. The van der Waals surface area contributed by atoms with Crippen molar-refractivity contribution in [2.75, 3.05) is 32.2 Å². The van der Waals surface area contributed by atoms with Crippen LogP contribution in [0.2, 0.25) is 0 Å². The second-order valence-electron chi connectivity index (χ2n) is 9.13. The minimum atomic E-state index is 0.465. The number of unbranched alkanes of at least 4 members (excludes halogenated alkanes) is 1. The highest BCUT2D eigenvalue weighted by Gasteiger charge is 2.30. The van der Waals surface area contributed by atoms with Gasteiger partial charge in [-0.2, -0.15) is 0 Å². The molecule has 1 amide bonds. The number of hydrogen-bond donors (Lipinski definition) is 2. The highest BCUT2D eigenvalue weighted by molar-refractivity contribution is 5.84. The number of fused-ring (bicyclic) bond motifs is 1. The van der Waals surface area contributed by atoms with Crippen molar-refractivity contribution in [3.63, 3.8) is 0 Å². The van der Waals surface area contributed by atoms with E-state index in [0.29, 0.717) is 19.5 Å². The summed E-state index contributed by atoms with van der Waals surface area (Å²) in [6.45, 7) is 7.24. The van der Waals surface area contributed by atoms with Crippen molar-refractivity contribution in [3.05, 3.63) is 30.0 Å². The first-order valence-corrected chi connectivity index (χ1v) is 12.6. The van der Waals surface area contributed by atoms with Crippen LogP contribution < -0.4 is 10.6 Å². The van der Waals surface area contributed by atoms with Crippen molar-refractivity contribution < 1.29 is 23.5 Å². The lowest BCUT2D eigenvalue weighted by atomic mass is 9.77. The van der Waals surface area contributed by atoms with Crippen molar-refractivity contribution in [3.8, 4) is 0 Å². The predicted molar refractivity (Wildman–Crippen MR) is 136 cm³/mol. The van der Waals surface area contributed by atoms with Crippen LogP contribution in [0.15, 0.2) is 28.7 Å². The SMILES string of the molecule is CC1NCCC1C1CCCCC1.COCCCCOC=O.Cc1cc2cc(NC=O)ccc2o1. The zero-order valence-electron chi connectivity index (χ0n) is 21.0. The summed E-state index contributed by atoms with van der Waals surface area (Å²) in [5.74, 6) is 2.94. The molecule has 1 saturated heterocycles. The van der Waals surface area contributed by atoms with Crippen molar-refractivity contribution >= 4 is 29.5 Å². The lowest BCUT2D eigenvalue weighted by Gasteiger charge is -2.29. The Morgan fingerprint density at radius 2 is 1.85 bits per heavy atom. The van der Waals surface area contributed by atoms with Gasteiger partial charge in [-0.25, -0.2) is 0 Å². The molecule has 0 bridgehead atoms. The zero-order valence-corrected chi connectivity index (χ0v) is 21.0. The van der Waals surface area contributed by atoms with Gasteiger partial charge in [0.15, 0.2) is 0 Å². The molecule has 1 aromatic heterocycles. The molecule has 190 valence electrons. The van der Waals surface area contributed by atoms with Gasteiger partial charge in [0.2, 0.25) is 6.41 Å². The van der Waals surface area contributed by atoms with Crippen molar-refractivity contribution in [2.24, 2.45) is 11.8 Å². The van der Waals surface area contributed by atoms with Crippen LogP contribution in [0.4, 0.5) is 5.69 Å². The molecule has 2 unspecified atom stereocenters. The fourth-order valence-corrected chi connectivity index (χ4v) is 4.90. The van der Waals surface area contributed by atoms with Gasteiger partial charge in [-0.3, -0.25) is 9.59 Å². The largest absolute Gasteiger partial charge is 0.468 e. The van der Waals surface area contributed by atoms with E-state index < -0.39 is 0 Å². The van der Waals surface area contributed by atoms with Crippen LogP contribution in [-0.2, 0) is 19.1 Å². The highest BCUT2D eigenvalue weighted by atomic mass is 16.5. The van der Waals surface area contributed by atoms with E-state index in [1.807, 2.05) is 25.1 Å². The molecule has 4 rings (SSSR count). The normalized spacial score (nSPS) is 20.0. The summed E-state index contributed by atoms with van der Waals surface area (Å²) in [5, 5.41) is 7.16. The van der Waals surface area contributed by atoms with Gasteiger partial charge in [0.25, 0.3) is 6.47 Å². The molecule has 2 N–H and O–H groups in total. The van der Waals surface area contributed by atoms with E-state index in [1.54, 1.807) is 13.2 Å². The van der Waals surface area contributed by atoms with Crippen LogP contribution in [0.3, 0.4) is 0 Å². The third-order valence-corrected chi connectivity index (χ3v) is 6.64. The Hall–Kier alpha value is -2.38. The number of carbonyl (C=O) groups excluding carboxylic acids is 2. The topological polar surface area (TPSA) is 89.8 Å². The molecule has 1 aromatic carbocycles. The summed E-state index contributed by atoms with van der Waals surface area (Å²) in [4.78, 5) is 19.8. The molecular formula is C27H42N2O5. The number of hydrogen-bond acceptors (Lipinski definition) is 6. The first-order chi connectivity index (χ1) is 16.6. The number of nitrogens with one attached hydrogen (secondary N) is 2. The fourth-order valence-electron chi connectivity index (χ4n) is 4.90. The molecule has 34 heavy (non-hydrogen) atoms. The van der Waals surface area contributed by atoms with Crippen molar-refractivity contribution in [1.29, 1.82) is 0 Å². The maximum absolute atomic E-state index is 10.2. The number of anilines is 1. The molecular weight excluding hydrogens is 432 g/mol. The molecule has 0 radical (unpaired) electrons. The Balaban J connectivity index is 0.000000184. The first-order valence-electron chi connectivity index (χ1n) is 12.6. The summed E-state index contributed by atoms with van der Waals surface area (Å²) >= 11 is 0. The molecule has 2 atom stereocenters. The third-order valence-electron chi connectivity index (χ3n) is 6.64. The Bertz CT molecular complexity index is 832. The Kier molecular flexibility index (Phi) is 13.3. The summed E-state index contributed by atoms with van der Waals surface area (Å²) in [7, 11) is 1.65. The van der Waals surface area contributed by atoms with E-state index in [0.717, 1.165) is 59.7 Å². The molecule has 1 saturated carbocycles. The average molecular weight is 475 g/mol. The molecule has 1 aliphatic carbocycles. The van der Waals surface area contributed by atoms with E-state index in [-0.39, 0.29) is 0 Å². The van der Waals surface area contributed by atoms with Gasteiger partial charge in [0.05, 0.1) is 6.61 Å². The van der Waals surface area contributed by atoms with E-state index >= 15 is 0 Å². The summed E-state index contributed by atoms with van der Waals surface area (Å²) in [5.41, 5.74) is 1.62. The molecule has 7 heteroatoms. The van der Waals surface area contributed by atoms with Crippen LogP contribution in [0.5, 0.6) is 0 Å². The molecule has 2 fully saturated rings. The van der Waals surface area contributed by atoms with Gasteiger partial charge < -0.3 is 24.5 Å². The van der Waals surface area contributed by atoms with Gasteiger partial charge in [-0.15, -0.1) is 0 Å². The minimum absolute atomic E-state index is 0.465. The van der Waals surface area contributed by atoms with Gasteiger partial charge >= 0.3 is 0 Å². The minimum Gasteiger partial charge on any atom is -0.468 e. The standard InChI is InChI=1S/C11H21N.C10H9NO2.C6H12O3/c1-9-11(7-8-12-9)10-5-3-2-4-6-10;1-7-4-8-5-9(11-6-12)2-3-10(8)13-7;1-8-4-2-3-5-9-6-7/h9-12H,2-8H2,1H3;2-6H,1H3,(H,11,12);6H,2-5H2,1H3. The maximum Gasteiger partial charge on any atom is 0.293 e. The van der Waals surface area contributed by atoms with Crippen molar-refractivity contribution in [1.82, 2.24) is 5.32 Å². The monoisotopic (exact) mass is 474 g/mol. The van der Waals surface area contributed by atoms with Crippen LogP contribution >= 0.6 is 0 Å². The predicted octanol–water partition coefficient (Wildman–Crippen LogP) is 5.46. The summed E-state index contributed by atoms with van der Waals surface area (Å²) < 4.78 is 14.6. The molecule has 1 aliphatic heterocycles. The zero-order chi connectivity index (χ0) is 24.6. The Morgan fingerprint density at radius 3 is 2.50 bits per heavy atom. The molecule has 0 spiro atoms. The summed E-state index contributed by atoms with van der Waals surface area (Å²) in [6, 6.07) is 8.26. The van der Waals surface area contributed by atoms with Crippen LogP contribution in [0, 0.1) is 18.8 Å². The van der Waals surface area contributed by atoms with Gasteiger partial charge in [0, 0.05) is 30.8 Å². The van der Waals surface area contributed by atoms with Gasteiger partial charge in [-0.1, -0.05) is 32.1 Å².